The summed E-state index contributed by atoms with van der Waals surface area (Å²) in [5, 5.41) is 0.771. The van der Waals surface area contributed by atoms with E-state index < -0.39 is 0 Å². The Morgan fingerprint density at radius 3 is 2.35 bits per heavy atom. The molecule has 1 aliphatic carbocycles. The number of unbranched alkanes of at least 4 members (excludes halogenated alkanes) is 1. The molecule has 240 valence electrons. The van der Waals surface area contributed by atoms with E-state index in [1.807, 2.05) is 56.3 Å². The Morgan fingerprint density at radius 2 is 1.65 bits per heavy atom. The third-order valence-corrected chi connectivity index (χ3v) is 8.83. The molecule has 0 N–H and O–H groups in total. The highest BCUT2D eigenvalue weighted by atomic mass is 35.5. The van der Waals surface area contributed by atoms with E-state index in [0.29, 0.717) is 24.5 Å². The van der Waals surface area contributed by atoms with E-state index in [1.165, 1.54) is 51.2 Å². The van der Waals surface area contributed by atoms with Crippen molar-refractivity contribution in [1.82, 2.24) is 4.90 Å². The van der Waals surface area contributed by atoms with Crippen LogP contribution in [-0.2, 0) is 27.4 Å². The molecule has 43 heavy (non-hydrogen) atoms. The summed E-state index contributed by atoms with van der Waals surface area (Å²) in [6.45, 7) is 11.3. The number of hydrogen-bond acceptors (Lipinski definition) is 5. The largest absolute Gasteiger partial charge is 0.465 e. The fraction of sp³-hybridized carbons (Fsp3) is 0.622. The highest BCUT2D eigenvalue weighted by Gasteiger charge is 2.30. The summed E-state index contributed by atoms with van der Waals surface area (Å²) in [7, 11) is 1.41. The zero-order valence-electron chi connectivity index (χ0n) is 27.5. The maximum Gasteiger partial charge on any atom is 0.337 e. The molecule has 2 aromatic rings. The highest BCUT2D eigenvalue weighted by Crippen LogP contribution is 2.34. The first-order chi connectivity index (χ1) is 20.8. The Labute approximate surface area is 266 Å². The monoisotopic (exact) mass is 613 g/mol. The van der Waals surface area contributed by atoms with Crippen LogP contribution >= 0.6 is 11.6 Å². The second-order valence-electron chi connectivity index (χ2n) is 12.1. The minimum atomic E-state index is -0.312. The van der Waals surface area contributed by atoms with Crippen LogP contribution in [0.2, 0.25) is 5.02 Å². The highest BCUT2D eigenvalue weighted by molar-refractivity contribution is 6.31. The van der Waals surface area contributed by atoms with Gasteiger partial charge in [-0.05, 0) is 94.3 Å². The number of carbonyl (C=O) groups excluding carboxylic acids is 2. The van der Waals surface area contributed by atoms with Crippen LogP contribution < -0.4 is 0 Å². The first-order valence-electron chi connectivity index (χ1n) is 16.5. The average molecular weight is 614 g/mol. The number of Topliss-reactive ketones (excluding diaryl/α,β-unsaturated/α-hetero) is 1. The van der Waals surface area contributed by atoms with Crippen LogP contribution in [0.3, 0.4) is 0 Å². The van der Waals surface area contributed by atoms with Crippen LogP contribution in [0.15, 0.2) is 48.5 Å². The minimum Gasteiger partial charge on any atom is -0.465 e. The molecule has 0 aliphatic heterocycles. The number of halogens is 1. The van der Waals surface area contributed by atoms with Gasteiger partial charge in [0.15, 0.2) is 0 Å². The zero-order chi connectivity index (χ0) is 31.5. The molecule has 1 saturated carbocycles. The van der Waals surface area contributed by atoms with Crippen molar-refractivity contribution in [3.63, 3.8) is 0 Å². The zero-order valence-corrected chi connectivity index (χ0v) is 28.2. The summed E-state index contributed by atoms with van der Waals surface area (Å²) in [6.07, 6.45) is 13.4. The summed E-state index contributed by atoms with van der Waals surface area (Å²) < 4.78 is 11.5. The summed E-state index contributed by atoms with van der Waals surface area (Å²) in [5.74, 6) is 0.534. The summed E-state index contributed by atoms with van der Waals surface area (Å²) in [4.78, 5) is 25.9. The minimum absolute atomic E-state index is 0.169. The number of carbonyl (C=O) groups is 2. The molecule has 0 amide bonds. The van der Waals surface area contributed by atoms with Gasteiger partial charge < -0.3 is 14.3 Å². The van der Waals surface area contributed by atoms with Gasteiger partial charge in [0.05, 0.1) is 24.9 Å². The lowest BCUT2D eigenvalue weighted by Crippen LogP contribution is -2.34. The SMILES string of the molecule is CC.COC(=O)c1ccc(CN(CCCCC(C)=O)CCC2CCCCCCCC(C)(OCc3ccccc3Cl)C2)cc1. The molecule has 2 atom stereocenters. The molecule has 3 rings (SSSR count). The summed E-state index contributed by atoms with van der Waals surface area (Å²) in [6, 6.07) is 15.7. The van der Waals surface area contributed by atoms with Gasteiger partial charge in [-0.15, -0.1) is 0 Å². The van der Waals surface area contributed by atoms with Crippen LogP contribution in [0.25, 0.3) is 0 Å². The second-order valence-corrected chi connectivity index (χ2v) is 12.5. The molecule has 1 aliphatic rings. The predicted molar refractivity (Wildman–Crippen MR) is 179 cm³/mol. The van der Waals surface area contributed by atoms with E-state index >= 15 is 0 Å². The van der Waals surface area contributed by atoms with Crippen molar-refractivity contribution in [2.45, 2.75) is 123 Å². The van der Waals surface area contributed by atoms with Gasteiger partial charge in [0.2, 0.25) is 0 Å². The van der Waals surface area contributed by atoms with Gasteiger partial charge in [-0.25, -0.2) is 4.79 Å². The lowest BCUT2D eigenvalue weighted by Gasteiger charge is -2.36. The van der Waals surface area contributed by atoms with Gasteiger partial charge in [-0.2, -0.15) is 0 Å². The number of ketones is 1. The maximum atomic E-state index is 11.9. The Bertz CT molecular complexity index is 1070. The molecule has 0 radical (unpaired) electrons. The fourth-order valence-corrected chi connectivity index (χ4v) is 6.18. The van der Waals surface area contributed by atoms with E-state index in [-0.39, 0.29) is 17.4 Å². The molecule has 6 heteroatoms. The normalized spacial score (nSPS) is 19.3. The Morgan fingerprint density at radius 1 is 0.953 bits per heavy atom. The molecule has 2 aromatic carbocycles. The second kappa shape index (κ2) is 20.7. The molecule has 0 bridgehead atoms. The van der Waals surface area contributed by atoms with Crippen molar-refractivity contribution in [3.05, 3.63) is 70.2 Å². The topological polar surface area (TPSA) is 55.8 Å². The molecular formula is C37H56ClNO4. The van der Waals surface area contributed by atoms with Crippen LogP contribution in [0.4, 0.5) is 0 Å². The van der Waals surface area contributed by atoms with Crippen molar-refractivity contribution in [2.75, 3.05) is 20.2 Å². The van der Waals surface area contributed by atoms with Crippen molar-refractivity contribution in [1.29, 1.82) is 0 Å². The van der Waals surface area contributed by atoms with Crippen molar-refractivity contribution in [3.8, 4) is 0 Å². The summed E-state index contributed by atoms with van der Waals surface area (Å²) >= 11 is 6.45. The van der Waals surface area contributed by atoms with Crippen LogP contribution in [-0.4, -0.2) is 42.5 Å². The fourth-order valence-electron chi connectivity index (χ4n) is 5.99. The average Bonchev–Trinajstić information content (AvgIpc) is 3.01. The number of methoxy groups -OCH3 is 1. The lowest BCUT2D eigenvalue weighted by molar-refractivity contribution is -0.117. The quantitative estimate of drug-likeness (QED) is 0.157. The Kier molecular flexibility index (Phi) is 17.8. The molecule has 0 spiro atoms. The molecular weight excluding hydrogens is 558 g/mol. The Hall–Kier alpha value is -2.21. The van der Waals surface area contributed by atoms with E-state index in [1.54, 1.807) is 6.92 Å². The van der Waals surface area contributed by atoms with Crippen LogP contribution in [0.5, 0.6) is 0 Å². The first-order valence-corrected chi connectivity index (χ1v) is 16.9. The Balaban J connectivity index is 0.00000316. The van der Waals surface area contributed by atoms with Crippen molar-refractivity contribution in [2.24, 2.45) is 5.92 Å². The van der Waals surface area contributed by atoms with Crippen LogP contribution in [0.1, 0.15) is 126 Å². The van der Waals surface area contributed by atoms with E-state index in [0.717, 1.165) is 62.3 Å². The number of esters is 1. The van der Waals surface area contributed by atoms with Gasteiger partial charge >= 0.3 is 5.97 Å². The molecule has 0 heterocycles. The lowest BCUT2D eigenvalue weighted by atomic mass is 9.81. The van der Waals surface area contributed by atoms with Crippen molar-refractivity contribution < 1.29 is 19.1 Å². The summed E-state index contributed by atoms with van der Waals surface area (Å²) in [5.41, 5.74) is 2.64. The standard InChI is InChI=1S/C35H50ClNO4.C2H6/c1-28(38)13-10-12-23-37(26-30-17-19-31(20-18-30)34(39)40-3)24-21-29-14-7-5-4-6-11-22-35(2,25-29)41-27-32-15-8-9-16-33(32)36;1-2/h8-9,15-20,29H,4-7,10-14,21-27H2,1-3H3;1-2H3. The predicted octanol–water partition coefficient (Wildman–Crippen LogP) is 9.83. The molecule has 2 unspecified atom stereocenters. The van der Waals surface area contributed by atoms with E-state index in [2.05, 4.69) is 17.9 Å². The number of ether oxygens (including phenoxy) is 2. The van der Waals surface area contributed by atoms with Gasteiger partial charge in [-0.3, -0.25) is 4.90 Å². The molecule has 5 nitrogen and oxygen atoms in total. The van der Waals surface area contributed by atoms with Gasteiger partial charge in [-0.1, -0.05) is 94.3 Å². The molecule has 1 fully saturated rings. The first kappa shape index (κ1) is 37.0. The number of rotatable bonds is 14. The number of hydrogen-bond donors (Lipinski definition) is 0. The van der Waals surface area contributed by atoms with E-state index in [9.17, 15) is 9.59 Å². The third-order valence-electron chi connectivity index (χ3n) is 8.46. The van der Waals surface area contributed by atoms with Gasteiger partial charge in [0.1, 0.15) is 5.78 Å². The maximum absolute atomic E-state index is 11.9. The van der Waals surface area contributed by atoms with Crippen molar-refractivity contribution >= 4 is 23.4 Å². The van der Waals surface area contributed by atoms with E-state index in [4.69, 9.17) is 21.1 Å². The molecule has 0 saturated heterocycles. The number of nitrogens with zero attached hydrogens (tertiary/aromatic N) is 1. The van der Waals surface area contributed by atoms with Gasteiger partial charge in [0.25, 0.3) is 0 Å². The molecule has 0 aromatic heterocycles. The smallest absolute Gasteiger partial charge is 0.337 e. The number of benzene rings is 2. The van der Waals surface area contributed by atoms with Crippen LogP contribution in [0, 0.1) is 5.92 Å². The van der Waals surface area contributed by atoms with Gasteiger partial charge in [0, 0.05) is 18.0 Å². The third kappa shape index (κ3) is 14.4.